The van der Waals surface area contributed by atoms with E-state index in [1.54, 1.807) is 11.0 Å². The fourth-order valence-corrected chi connectivity index (χ4v) is 3.24. The number of benzene rings is 1. The lowest BCUT2D eigenvalue weighted by atomic mass is 10.1. The van der Waals surface area contributed by atoms with Gasteiger partial charge in [0.15, 0.2) is 0 Å². The standard InChI is InChI=1S/C21H30FN3O/c1-6-24(14-18-8-7-9-19(22)12-18)21(26)11-10-20-16(4)23-25(17(20)5)13-15(2)3/h7-9,12,15H,6,10-11,13-14H2,1-5H3. The summed E-state index contributed by atoms with van der Waals surface area (Å²) in [7, 11) is 0. The van der Waals surface area contributed by atoms with Crippen molar-refractivity contribution in [2.24, 2.45) is 5.92 Å². The number of hydrogen-bond acceptors (Lipinski definition) is 2. The van der Waals surface area contributed by atoms with Gasteiger partial charge >= 0.3 is 0 Å². The van der Waals surface area contributed by atoms with Crippen molar-refractivity contribution < 1.29 is 9.18 Å². The second-order valence-electron chi connectivity index (χ2n) is 7.26. The molecule has 0 N–H and O–H groups in total. The molecule has 0 atom stereocenters. The first-order valence-electron chi connectivity index (χ1n) is 9.36. The average molecular weight is 359 g/mol. The molecule has 0 aliphatic heterocycles. The predicted molar refractivity (Wildman–Crippen MR) is 102 cm³/mol. The van der Waals surface area contributed by atoms with Crippen LogP contribution in [0.3, 0.4) is 0 Å². The molecule has 4 nitrogen and oxygen atoms in total. The van der Waals surface area contributed by atoms with Gasteiger partial charge < -0.3 is 4.90 Å². The van der Waals surface area contributed by atoms with Crippen LogP contribution < -0.4 is 0 Å². The van der Waals surface area contributed by atoms with Gasteiger partial charge in [0.05, 0.1) is 5.69 Å². The summed E-state index contributed by atoms with van der Waals surface area (Å²) >= 11 is 0. The first kappa shape index (κ1) is 20.1. The van der Waals surface area contributed by atoms with Crippen LogP contribution >= 0.6 is 0 Å². The van der Waals surface area contributed by atoms with E-state index in [-0.39, 0.29) is 11.7 Å². The Kier molecular flexibility index (Phi) is 6.95. The van der Waals surface area contributed by atoms with E-state index in [1.165, 1.54) is 17.7 Å². The molecule has 1 heterocycles. The molecule has 0 saturated carbocycles. The van der Waals surface area contributed by atoms with Gasteiger partial charge in [-0.2, -0.15) is 5.10 Å². The highest BCUT2D eigenvalue weighted by Gasteiger charge is 2.17. The maximum atomic E-state index is 13.4. The molecule has 2 rings (SSSR count). The summed E-state index contributed by atoms with van der Waals surface area (Å²) in [5.41, 5.74) is 4.14. The van der Waals surface area contributed by atoms with E-state index >= 15 is 0 Å². The van der Waals surface area contributed by atoms with Gasteiger partial charge in [-0.1, -0.05) is 26.0 Å². The van der Waals surface area contributed by atoms with Crippen LogP contribution in [-0.4, -0.2) is 27.1 Å². The van der Waals surface area contributed by atoms with Crippen LogP contribution in [0.4, 0.5) is 4.39 Å². The lowest BCUT2D eigenvalue weighted by molar-refractivity contribution is -0.131. The summed E-state index contributed by atoms with van der Waals surface area (Å²) in [6, 6.07) is 6.43. The Bertz CT molecular complexity index is 752. The highest BCUT2D eigenvalue weighted by atomic mass is 19.1. The smallest absolute Gasteiger partial charge is 0.223 e. The molecular weight excluding hydrogens is 329 g/mol. The van der Waals surface area contributed by atoms with E-state index in [2.05, 4.69) is 25.9 Å². The van der Waals surface area contributed by atoms with Gasteiger partial charge in [-0.25, -0.2) is 4.39 Å². The lowest BCUT2D eigenvalue weighted by Gasteiger charge is -2.21. The Labute approximate surface area is 156 Å². The number of hydrogen-bond donors (Lipinski definition) is 0. The van der Waals surface area contributed by atoms with Gasteiger partial charge in [0, 0.05) is 31.7 Å². The van der Waals surface area contributed by atoms with Crippen molar-refractivity contribution in [1.82, 2.24) is 14.7 Å². The zero-order valence-corrected chi connectivity index (χ0v) is 16.6. The minimum absolute atomic E-state index is 0.0900. The van der Waals surface area contributed by atoms with E-state index in [0.29, 0.717) is 31.8 Å². The Morgan fingerprint density at radius 2 is 2.04 bits per heavy atom. The van der Waals surface area contributed by atoms with Crippen molar-refractivity contribution in [3.8, 4) is 0 Å². The molecule has 5 heteroatoms. The minimum Gasteiger partial charge on any atom is -0.339 e. The van der Waals surface area contributed by atoms with E-state index < -0.39 is 0 Å². The molecule has 0 bridgehead atoms. The van der Waals surface area contributed by atoms with Crippen LogP contribution in [-0.2, 0) is 24.3 Å². The van der Waals surface area contributed by atoms with Crippen LogP contribution in [0.1, 0.15) is 49.7 Å². The number of halogens is 1. The topological polar surface area (TPSA) is 38.1 Å². The summed E-state index contributed by atoms with van der Waals surface area (Å²) in [4.78, 5) is 14.4. The molecule has 142 valence electrons. The third kappa shape index (κ3) is 5.16. The third-order valence-electron chi connectivity index (χ3n) is 4.66. The molecule has 1 amide bonds. The number of aryl methyl sites for hydroxylation is 1. The Morgan fingerprint density at radius 3 is 2.65 bits per heavy atom. The van der Waals surface area contributed by atoms with Gasteiger partial charge in [0.25, 0.3) is 0 Å². The third-order valence-corrected chi connectivity index (χ3v) is 4.66. The zero-order valence-electron chi connectivity index (χ0n) is 16.6. The quantitative estimate of drug-likeness (QED) is 0.706. The Balaban J connectivity index is 2.01. The van der Waals surface area contributed by atoms with E-state index in [4.69, 9.17) is 0 Å². The molecule has 0 spiro atoms. The van der Waals surface area contributed by atoms with Crippen LogP contribution in [0, 0.1) is 25.6 Å². The monoisotopic (exact) mass is 359 g/mol. The molecule has 0 fully saturated rings. The summed E-state index contributed by atoms with van der Waals surface area (Å²) in [5.74, 6) is 0.353. The van der Waals surface area contributed by atoms with Crippen molar-refractivity contribution in [3.05, 3.63) is 52.6 Å². The molecule has 2 aromatic rings. The first-order valence-corrected chi connectivity index (χ1v) is 9.36. The molecule has 0 saturated heterocycles. The van der Waals surface area contributed by atoms with Crippen molar-refractivity contribution in [3.63, 3.8) is 0 Å². The van der Waals surface area contributed by atoms with Gasteiger partial charge in [-0.15, -0.1) is 0 Å². The molecule has 0 aliphatic rings. The highest BCUT2D eigenvalue weighted by Crippen LogP contribution is 2.17. The predicted octanol–water partition coefficient (Wildman–Crippen LogP) is 4.28. The number of nitrogens with zero attached hydrogens (tertiary/aromatic N) is 3. The van der Waals surface area contributed by atoms with Crippen molar-refractivity contribution in [1.29, 1.82) is 0 Å². The minimum atomic E-state index is -0.269. The fraction of sp³-hybridized carbons (Fsp3) is 0.524. The highest BCUT2D eigenvalue weighted by molar-refractivity contribution is 5.76. The van der Waals surface area contributed by atoms with Crippen LogP contribution in [0.15, 0.2) is 24.3 Å². The average Bonchev–Trinajstić information content (AvgIpc) is 2.83. The molecule has 1 aromatic heterocycles. The number of aromatic nitrogens is 2. The van der Waals surface area contributed by atoms with Gasteiger partial charge in [-0.05, 0) is 56.4 Å². The largest absolute Gasteiger partial charge is 0.339 e. The zero-order chi connectivity index (χ0) is 19.3. The van der Waals surface area contributed by atoms with Crippen molar-refractivity contribution >= 4 is 5.91 Å². The molecule has 1 aromatic carbocycles. The number of rotatable bonds is 8. The van der Waals surface area contributed by atoms with Crippen molar-refractivity contribution in [2.45, 2.75) is 60.5 Å². The van der Waals surface area contributed by atoms with E-state index in [9.17, 15) is 9.18 Å². The number of carbonyl (C=O) groups is 1. The maximum absolute atomic E-state index is 13.4. The second-order valence-corrected chi connectivity index (χ2v) is 7.26. The summed E-state index contributed by atoms with van der Waals surface area (Å²) in [5, 5.41) is 4.62. The van der Waals surface area contributed by atoms with Gasteiger partial charge in [-0.3, -0.25) is 9.48 Å². The van der Waals surface area contributed by atoms with Crippen molar-refractivity contribution in [2.75, 3.05) is 6.54 Å². The first-order chi connectivity index (χ1) is 12.3. The Hall–Kier alpha value is -2.17. The number of carbonyl (C=O) groups excluding carboxylic acids is 1. The fourth-order valence-electron chi connectivity index (χ4n) is 3.24. The molecule has 0 radical (unpaired) electrons. The second kappa shape index (κ2) is 8.97. The lowest BCUT2D eigenvalue weighted by Crippen LogP contribution is -2.30. The summed E-state index contributed by atoms with van der Waals surface area (Å²) in [6.45, 7) is 12.3. The van der Waals surface area contributed by atoms with Crippen LogP contribution in [0.25, 0.3) is 0 Å². The molecule has 26 heavy (non-hydrogen) atoms. The summed E-state index contributed by atoms with van der Waals surface area (Å²) in [6.07, 6.45) is 1.13. The summed E-state index contributed by atoms with van der Waals surface area (Å²) < 4.78 is 15.4. The number of amides is 1. The molecule has 0 aliphatic carbocycles. The normalized spacial score (nSPS) is 11.2. The van der Waals surface area contributed by atoms with Crippen LogP contribution in [0.5, 0.6) is 0 Å². The molecule has 0 unspecified atom stereocenters. The van der Waals surface area contributed by atoms with E-state index in [1.807, 2.05) is 24.6 Å². The maximum Gasteiger partial charge on any atom is 0.223 e. The van der Waals surface area contributed by atoms with E-state index in [0.717, 1.165) is 23.5 Å². The molecular formula is C21H30FN3O. The van der Waals surface area contributed by atoms with Gasteiger partial charge in [0.1, 0.15) is 5.82 Å². The SMILES string of the molecule is CCN(Cc1cccc(F)c1)C(=O)CCc1c(C)nn(CC(C)C)c1C. The van der Waals surface area contributed by atoms with Crippen LogP contribution in [0.2, 0.25) is 0 Å². The Morgan fingerprint density at radius 1 is 1.31 bits per heavy atom. The van der Waals surface area contributed by atoms with Gasteiger partial charge in [0.2, 0.25) is 5.91 Å².